The molecule has 6 nitrogen and oxygen atoms in total. The summed E-state index contributed by atoms with van der Waals surface area (Å²) >= 11 is 0. The van der Waals surface area contributed by atoms with E-state index in [1.807, 2.05) is 0 Å². The molecule has 0 aromatic heterocycles. The molecule has 1 aliphatic heterocycles. The summed E-state index contributed by atoms with van der Waals surface area (Å²) < 4.78 is 0. The first kappa shape index (κ1) is 14.8. The SMILES string of the molecule is O=C(O)[C@H](Cc1ccc(O)cc1)N1C(=O)c2ccccc2C1=O. The number of aliphatic carboxylic acids is 1. The van der Waals surface area contributed by atoms with Gasteiger partial charge in [-0.15, -0.1) is 0 Å². The van der Waals surface area contributed by atoms with Gasteiger partial charge in [0.1, 0.15) is 11.8 Å². The molecule has 1 heterocycles. The molecular formula is C17H13NO5. The Morgan fingerprint density at radius 2 is 1.48 bits per heavy atom. The van der Waals surface area contributed by atoms with Gasteiger partial charge in [0, 0.05) is 6.42 Å². The van der Waals surface area contributed by atoms with Crippen LogP contribution in [0.4, 0.5) is 0 Å². The second-order valence-electron chi connectivity index (χ2n) is 5.25. The lowest BCUT2D eigenvalue weighted by Gasteiger charge is -2.22. The first-order chi connectivity index (χ1) is 11.0. The highest BCUT2D eigenvalue weighted by atomic mass is 16.4. The molecule has 2 N–H and O–H groups in total. The number of carboxylic acids is 1. The highest BCUT2D eigenvalue weighted by Gasteiger charge is 2.42. The van der Waals surface area contributed by atoms with Crippen LogP contribution in [-0.2, 0) is 11.2 Å². The highest BCUT2D eigenvalue weighted by molar-refractivity contribution is 6.22. The molecule has 0 radical (unpaired) electrons. The van der Waals surface area contributed by atoms with E-state index in [9.17, 15) is 24.6 Å². The summed E-state index contributed by atoms with van der Waals surface area (Å²) in [5.41, 5.74) is 1.04. The first-order valence-electron chi connectivity index (χ1n) is 6.96. The van der Waals surface area contributed by atoms with E-state index in [1.165, 1.54) is 24.3 Å². The minimum absolute atomic E-state index is 0.0267. The third-order valence-corrected chi connectivity index (χ3v) is 3.79. The molecule has 6 heteroatoms. The molecule has 116 valence electrons. The maximum atomic E-state index is 12.4. The van der Waals surface area contributed by atoms with Crippen LogP contribution in [0.5, 0.6) is 5.75 Å². The van der Waals surface area contributed by atoms with Gasteiger partial charge < -0.3 is 10.2 Å². The fourth-order valence-corrected chi connectivity index (χ4v) is 2.64. The summed E-state index contributed by atoms with van der Waals surface area (Å²) in [4.78, 5) is 37.2. The van der Waals surface area contributed by atoms with E-state index in [1.54, 1.807) is 24.3 Å². The summed E-state index contributed by atoms with van der Waals surface area (Å²) in [7, 11) is 0. The van der Waals surface area contributed by atoms with E-state index in [0.717, 1.165) is 4.90 Å². The molecule has 23 heavy (non-hydrogen) atoms. The Hall–Kier alpha value is -3.15. The molecule has 2 aromatic carbocycles. The number of nitrogens with zero attached hydrogens (tertiary/aromatic N) is 1. The van der Waals surface area contributed by atoms with Crippen molar-refractivity contribution in [2.24, 2.45) is 0 Å². The zero-order valence-electron chi connectivity index (χ0n) is 12.0. The van der Waals surface area contributed by atoms with Crippen molar-refractivity contribution in [2.75, 3.05) is 0 Å². The van der Waals surface area contributed by atoms with Gasteiger partial charge in [0.25, 0.3) is 11.8 Å². The molecular weight excluding hydrogens is 298 g/mol. The molecule has 1 atom stereocenters. The Labute approximate surface area is 131 Å². The fourth-order valence-electron chi connectivity index (χ4n) is 2.64. The van der Waals surface area contributed by atoms with Crippen molar-refractivity contribution < 1.29 is 24.6 Å². The van der Waals surface area contributed by atoms with Gasteiger partial charge in [-0.1, -0.05) is 24.3 Å². The molecule has 0 bridgehead atoms. The highest BCUT2D eigenvalue weighted by Crippen LogP contribution is 2.26. The monoisotopic (exact) mass is 311 g/mol. The summed E-state index contributed by atoms with van der Waals surface area (Å²) in [6.45, 7) is 0. The van der Waals surface area contributed by atoms with Crippen molar-refractivity contribution in [3.05, 3.63) is 65.2 Å². The lowest BCUT2D eigenvalue weighted by molar-refractivity contribution is -0.141. The summed E-state index contributed by atoms with van der Waals surface area (Å²) in [6.07, 6.45) is -0.0267. The number of imide groups is 1. The van der Waals surface area contributed by atoms with Gasteiger partial charge in [0.2, 0.25) is 0 Å². The Balaban J connectivity index is 1.94. The number of hydrogen-bond acceptors (Lipinski definition) is 4. The number of phenolic OH excluding ortho intramolecular Hbond substituents is 1. The lowest BCUT2D eigenvalue weighted by atomic mass is 10.0. The van der Waals surface area contributed by atoms with E-state index < -0.39 is 23.8 Å². The molecule has 0 saturated heterocycles. The van der Waals surface area contributed by atoms with Crippen LogP contribution in [0.1, 0.15) is 26.3 Å². The summed E-state index contributed by atoms with van der Waals surface area (Å²) in [5, 5.41) is 18.7. The van der Waals surface area contributed by atoms with E-state index in [0.29, 0.717) is 5.56 Å². The minimum atomic E-state index is -1.30. The van der Waals surface area contributed by atoms with Gasteiger partial charge in [-0.25, -0.2) is 4.79 Å². The number of hydrogen-bond donors (Lipinski definition) is 2. The van der Waals surface area contributed by atoms with Gasteiger partial charge in [-0.05, 0) is 29.8 Å². The second-order valence-corrected chi connectivity index (χ2v) is 5.25. The van der Waals surface area contributed by atoms with Gasteiger partial charge in [-0.3, -0.25) is 14.5 Å². The Morgan fingerprint density at radius 1 is 0.957 bits per heavy atom. The molecule has 0 fully saturated rings. The normalized spacial score (nSPS) is 14.7. The van der Waals surface area contributed by atoms with Crippen LogP contribution >= 0.6 is 0 Å². The van der Waals surface area contributed by atoms with Crippen LogP contribution in [0.2, 0.25) is 0 Å². The van der Waals surface area contributed by atoms with Crippen LogP contribution in [0.25, 0.3) is 0 Å². The summed E-state index contributed by atoms with van der Waals surface area (Å²) in [6, 6.07) is 10.9. The molecule has 3 rings (SSSR count). The van der Waals surface area contributed by atoms with Gasteiger partial charge >= 0.3 is 5.97 Å². The van der Waals surface area contributed by atoms with E-state index in [4.69, 9.17) is 0 Å². The maximum Gasteiger partial charge on any atom is 0.327 e. The molecule has 0 spiro atoms. The molecule has 0 unspecified atom stereocenters. The smallest absolute Gasteiger partial charge is 0.327 e. The standard InChI is InChI=1S/C17H13NO5/c19-11-7-5-10(6-8-11)9-14(17(22)23)18-15(20)12-3-1-2-4-13(12)16(18)21/h1-8,14,19H,9H2,(H,22,23)/t14-/m0/s1. The van der Waals surface area contributed by atoms with Crippen LogP contribution < -0.4 is 0 Å². The van der Waals surface area contributed by atoms with E-state index in [-0.39, 0.29) is 23.3 Å². The van der Waals surface area contributed by atoms with E-state index in [2.05, 4.69) is 0 Å². The number of carboxylic acid groups (broad SMARTS) is 1. The largest absolute Gasteiger partial charge is 0.508 e. The van der Waals surface area contributed by atoms with Crippen molar-refractivity contribution in [3.8, 4) is 5.75 Å². The number of carbonyl (C=O) groups excluding carboxylic acids is 2. The zero-order chi connectivity index (χ0) is 16.6. The van der Waals surface area contributed by atoms with Gasteiger partial charge in [0.15, 0.2) is 0 Å². The number of carbonyl (C=O) groups is 3. The predicted molar refractivity (Wildman–Crippen MR) is 80.2 cm³/mol. The Bertz CT molecular complexity index is 762. The quantitative estimate of drug-likeness (QED) is 0.838. The number of amides is 2. The van der Waals surface area contributed by atoms with Crippen molar-refractivity contribution in [3.63, 3.8) is 0 Å². The number of rotatable bonds is 4. The van der Waals surface area contributed by atoms with Crippen LogP contribution in [0.3, 0.4) is 0 Å². The van der Waals surface area contributed by atoms with Crippen LogP contribution in [-0.4, -0.2) is 38.9 Å². The molecule has 2 amide bonds. The van der Waals surface area contributed by atoms with Crippen LogP contribution in [0.15, 0.2) is 48.5 Å². The summed E-state index contributed by atoms with van der Waals surface area (Å²) in [5.74, 6) is -2.40. The Kier molecular flexibility index (Phi) is 3.57. The molecule has 1 aliphatic rings. The predicted octanol–water partition coefficient (Wildman–Crippen LogP) is 1.68. The lowest BCUT2D eigenvalue weighted by Crippen LogP contribution is -2.46. The van der Waals surface area contributed by atoms with Gasteiger partial charge in [-0.2, -0.15) is 0 Å². The maximum absolute atomic E-state index is 12.4. The number of benzene rings is 2. The fraction of sp³-hybridized carbons (Fsp3) is 0.118. The molecule has 0 aliphatic carbocycles. The first-order valence-corrected chi connectivity index (χ1v) is 6.96. The zero-order valence-corrected chi connectivity index (χ0v) is 12.0. The third-order valence-electron chi connectivity index (χ3n) is 3.79. The Morgan fingerprint density at radius 3 is 1.96 bits per heavy atom. The topological polar surface area (TPSA) is 94.9 Å². The van der Waals surface area contributed by atoms with Gasteiger partial charge in [0.05, 0.1) is 11.1 Å². The second kappa shape index (κ2) is 5.57. The average Bonchev–Trinajstić information content (AvgIpc) is 2.79. The molecule has 2 aromatic rings. The average molecular weight is 311 g/mol. The molecule has 0 saturated carbocycles. The van der Waals surface area contributed by atoms with Crippen LogP contribution in [0, 0.1) is 0 Å². The number of aromatic hydroxyl groups is 1. The van der Waals surface area contributed by atoms with Crippen molar-refractivity contribution in [1.82, 2.24) is 4.90 Å². The van der Waals surface area contributed by atoms with Crippen molar-refractivity contribution >= 4 is 17.8 Å². The van der Waals surface area contributed by atoms with E-state index >= 15 is 0 Å². The number of phenols is 1. The van der Waals surface area contributed by atoms with Crippen molar-refractivity contribution in [2.45, 2.75) is 12.5 Å². The third kappa shape index (κ3) is 2.55. The number of fused-ring (bicyclic) bond motifs is 1. The van der Waals surface area contributed by atoms with Crippen molar-refractivity contribution in [1.29, 1.82) is 0 Å². The minimum Gasteiger partial charge on any atom is -0.508 e.